The van der Waals surface area contributed by atoms with Crippen molar-refractivity contribution in [2.75, 3.05) is 27.3 Å². The fourth-order valence-corrected chi connectivity index (χ4v) is 1.33. The van der Waals surface area contributed by atoms with E-state index >= 15 is 0 Å². The monoisotopic (exact) mass is 255 g/mol. The second-order valence-corrected chi connectivity index (χ2v) is 3.70. The lowest BCUT2D eigenvalue weighted by atomic mass is 10.1. The van der Waals surface area contributed by atoms with Crippen LogP contribution in [0.1, 0.15) is 29.8 Å². The fraction of sp³-hybridized carbons (Fsp3) is 0.500. The van der Waals surface area contributed by atoms with Gasteiger partial charge in [0.2, 0.25) is 0 Å². The Hall–Kier alpha value is -1.42. The van der Waals surface area contributed by atoms with Crippen molar-refractivity contribution in [1.29, 1.82) is 0 Å². The summed E-state index contributed by atoms with van der Waals surface area (Å²) in [7, 11) is 3.19. The van der Waals surface area contributed by atoms with Crippen molar-refractivity contribution in [2.24, 2.45) is 0 Å². The quantitative estimate of drug-likeness (QED) is 0.828. The summed E-state index contributed by atoms with van der Waals surface area (Å²) in [6.45, 7) is 6.67. The number of carbonyl (C=O) groups excluding carboxylic acids is 1. The minimum Gasteiger partial charge on any atom is -0.383 e. The third-order valence-electron chi connectivity index (χ3n) is 2.33. The van der Waals surface area contributed by atoms with Crippen molar-refractivity contribution >= 4 is 5.91 Å². The van der Waals surface area contributed by atoms with Crippen LogP contribution in [0.2, 0.25) is 0 Å². The van der Waals surface area contributed by atoms with E-state index < -0.39 is 5.82 Å². The van der Waals surface area contributed by atoms with Crippen LogP contribution in [0.4, 0.5) is 4.39 Å². The van der Waals surface area contributed by atoms with Gasteiger partial charge in [0.25, 0.3) is 5.91 Å². The summed E-state index contributed by atoms with van der Waals surface area (Å²) in [4.78, 5) is 13.3. The molecule has 102 valence electrons. The van der Waals surface area contributed by atoms with Crippen LogP contribution < -0.4 is 0 Å². The second-order valence-electron chi connectivity index (χ2n) is 3.70. The Morgan fingerprint density at radius 3 is 2.50 bits per heavy atom. The summed E-state index contributed by atoms with van der Waals surface area (Å²) in [6, 6.07) is 4.59. The predicted octanol–water partition coefficient (Wildman–Crippen LogP) is 2.88. The zero-order valence-electron chi connectivity index (χ0n) is 11.8. The molecule has 0 unspecified atom stereocenters. The van der Waals surface area contributed by atoms with Gasteiger partial charge in [-0.2, -0.15) is 0 Å². The molecule has 0 atom stereocenters. The molecule has 0 aliphatic carbocycles. The fourth-order valence-electron chi connectivity index (χ4n) is 1.33. The van der Waals surface area contributed by atoms with Gasteiger partial charge in [-0.05, 0) is 24.6 Å². The van der Waals surface area contributed by atoms with Crippen LogP contribution in [-0.4, -0.2) is 38.1 Å². The Bertz CT molecular complexity index is 380. The summed E-state index contributed by atoms with van der Waals surface area (Å²) >= 11 is 0. The van der Waals surface area contributed by atoms with E-state index in [1.165, 1.54) is 17.0 Å². The molecular weight excluding hydrogens is 233 g/mol. The van der Waals surface area contributed by atoms with E-state index in [1.54, 1.807) is 27.1 Å². The molecule has 0 bridgehead atoms. The molecule has 0 aromatic heterocycles. The molecule has 3 nitrogen and oxygen atoms in total. The van der Waals surface area contributed by atoms with Crippen LogP contribution in [0, 0.1) is 12.7 Å². The average molecular weight is 255 g/mol. The van der Waals surface area contributed by atoms with Gasteiger partial charge in [0.15, 0.2) is 0 Å². The van der Waals surface area contributed by atoms with Crippen LogP contribution >= 0.6 is 0 Å². The number of nitrogens with zero attached hydrogens (tertiary/aromatic N) is 1. The Labute approximate surface area is 109 Å². The molecule has 18 heavy (non-hydrogen) atoms. The Balaban J connectivity index is 0.00000137. The van der Waals surface area contributed by atoms with E-state index in [4.69, 9.17) is 4.74 Å². The molecule has 0 aliphatic heterocycles. The van der Waals surface area contributed by atoms with Crippen LogP contribution in [-0.2, 0) is 4.74 Å². The van der Waals surface area contributed by atoms with Crippen LogP contribution in [0.5, 0.6) is 0 Å². The van der Waals surface area contributed by atoms with Gasteiger partial charge in [-0.25, -0.2) is 4.39 Å². The van der Waals surface area contributed by atoms with Gasteiger partial charge in [0.1, 0.15) is 5.82 Å². The molecule has 0 radical (unpaired) electrons. The highest BCUT2D eigenvalue weighted by Gasteiger charge is 2.15. The van der Waals surface area contributed by atoms with Gasteiger partial charge < -0.3 is 9.64 Å². The maximum atomic E-state index is 13.5. The SMILES string of the molecule is CC.COCCN(C)C(=O)c1ccc(C)cc1F. The van der Waals surface area contributed by atoms with Gasteiger partial charge in [-0.3, -0.25) is 4.79 Å². The smallest absolute Gasteiger partial charge is 0.256 e. The lowest BCUT2D eigenvalue weighted by molar-refractivity contribution is 0.0739. The largest absolute Gasteiger partial charge is 0.383 e. The number of halogens is 1. The number of hydrogen-bond acceptors (Lipinski definition) is 2. The number of carbonyl (C=O) groups is 1. The number of ether oxygens (including phenoxy) is 1. The Morgan fingerprint density at radius 2 is 2.00 bits per heavy atom. The van der Waals surface area contributed by atoms with E-state index in [0.29, 0.717) is 13.2 Å². The molecule has 0 saturated carbocycles. The van der Waals surface area contributed by atoms with Crippen molar-refractivity contribution < 1.29 is 13.9 Å². The van der Waals surface area contributed by atoms with Gasteiger partial charge in [0.05, 0.1) is 12.2 Å². The van der Waals surface area contributed by atoms with Gasteiger partial charge in [0, 0.05) is 20.7 Å². The van der Waals surface area contributed by atoms with Gasteiger partial charge in [-0.15, -0.1) is 0 Å². The molecule has 0 N–H and O–H groups in total. The maximum absolute atomic E-state index is 13.5. The van der Waals surface area contributed by atoms with E-state index in [9.17, 15) is 9.18 Å². The standard InChI is InChI=1S/C12H16FNO2.C2H6/c1-9-4-5-10(11(13)8-9)12(15)14(2)6-7-16-3;1-2/h4-5,8H,6-7H2,1-3H3;1-2H3. The molecule has 0 heterocycles. The van der Waals surface area contributed by atoms with Crippen molar-refractivity contribution in [1.82, 2.24) is 4.90 Å². The van der Waals surface area contributed by atoms with Crippen LogP contribution in [0.25, 0.3) is 0 Å². The number of methoxy groups -OCH3 is 1. The summed E-state index contributed by atoms with van der Waals surface area (Å²) in [5.41, 5.74) is 0.901. The first-order chi connectivity index (χ1) is 8.56. The summed E-state index contributed by atoms with van der Waals surface area (Å²) in [5, 5.41) is 0. The number of rotatable bonds is 4. The molecule has 0 aliphatic rings. The first-order valence-corrected chi connectivity index (χ1v) is 6.07. The molecule has 1 amide bonds. The lowest BCUT2D eigenvalue weighted by Gasteiger charge is -2.17. The van der Waals surface area contributed by atoms with E-state index in [1.807, 2.05) is 13.8 Å². The second kappa shape index (κ2) is 8.64. The zero-order chi connectivity index (χ0) is 14.1. The highest BCUT2D eigenvalue weighted by molar-refractivity contribution is 5.94. The predicted molar refractivity (Wildman–Crippen MR) is 71.3 cm³/mol. The Kier molecular flexibility index (Phi) is 7.96. The maximum Gasteiger partial charge on any atom is 0.256 e. The van der Waals surface area contributed by atoms with E-state index in [-0.39, 0.29) is 11.5 Å². The van der Waals surface area contributed by atoms with E-state index in [2.05, 4.69) is 0 Å². The number of benzene rings is 1. The zero-order valence-corrected chi connectivity index (χ0v) is 11.8. The van der Waals surface area contributed by atoms with E-state index in [0.717, 1.165) is 5.56 Å². The third-order valence-corrected chi connectivity index (χ3v) is 2.33. The van der Waals surface area contributed by atoms with Gasteiger partial charge >= 0.3 is 0 Å². The molecule has 1 rings (SSSR count). The molecule has 0 spiro atoms. The number of likely N-dealkylation sites (N-methyl/N-ethyl adjacent to an activating group) is 1. The van der Waals surface area contributed by atoms with Crippen LogP contribution in [0.3, 0.4) is 0 Å². The highest BCUT2D eigenvalue weighted by atomic mass is 19.1. The first-order valence-electron chi connectivity index (χ1n) is 6.07. The third kappa shape index (κ3) is 4.84. The van der Waals surface area contributed by atoms with Crippen molar-refractivity contribution in [2.45, 2.75) is 20.8 Å². The number of amides is 1. The minimum absolute atomic E-state index is 0.101. The molecule has 1 aromatic rings. The Morgan fingerprint density at radius 1 is 1.39 bits per heavy atom. The number of hydrogen-bond donors (Lipinski definition) is 0. The minimum atomic E-state index is -0.478. The summed E-state index contributed by atoms with van der Waals surface area (Å²) < 4.78 is 18.4. The van der Waals surface area contributed by atoms with Crippen molar-refractivity contribution in [3.63, 3.8) is 0 Å². The average Bonchev–Trinajstić information content (AvgIpc) is 2.37. The topological polar surface area (TPSA) is 29.5 Å². The molecule has 4 heteroatoms. The first kappa shape index (κ1) is 16.6. The normalized spacial score (nSPS) is 9.44. The molecular formula is C14H22FNO2. The molecule has 1 aromatic carbocycles. The van der Waals surface area contributed by atoms with Crippen LogP contribution in [0.15, 0.2) is 18.2 Å². The number of aryl methyl sites for hydroxylation is 1. The summed E-state index contributed by atoms with van der Waals surface area (Å²) in [5.74, 6) is -0.802. The van der Waals surface area contributed by atoms with Crippen molar-refractivity contribution in [3.05, 3.63) is 35.1 Å². The molecule has 0 saturated heterocycles. The molecule has 0 fully saturated rings. The lowest BCUT2D eigenvalue weighted by Crippen LogP contribution is -2.30. The van der Waals surface area contributed by atoms with Gasteiger partial charge in [-0.1, -0.05) is 19.9 Å². The van der Waals surface area contributed by atoms with Crippen molar-refractivity contribution in [3.8, 4) is 0 Å². The highest BCUT2D eigenvalue weighted by Crippen LogP contribution is 2.11. The summed E-state index contributed by atoms with van der Waals surface area (Å²) in [6.07, 6.45) is 0.